The molecular formula is C24H18N2O3. The fourth-order valence-electron chi connectivity index (χ4n) is 3.86. The van der Waals surface area contributed by atoms with E-state index < -0.39 is 12.1 Å². The largest absolute Gasteiger partial charge is 0.447 e. The molecule has 1 heterocycles. The lowest BCUT2D eigenvalue weighted by Gasteiger charge is -2.15. The molecule has 0 radical (unpaired) electrons. The summed E-state index contributed by atoms with van der Waals surface area (Å²) in [7, 11) is 0. The summed E-state index contributed by atoms with van der Waals surface area (Å²) in [5.74, 6) is 0. The topological polar surface area (TPSA) is 58.6 Å². The summed E-state index contributed by atoms with van der Waals surface area (Å²) in [6.45, 7) is 0.485. The molecule has 3 aliphatic rings. The Labute approximate surface area is 167 Å². The smallest absolute Gasteiger partial charge is 0.418 e. The van der Waals surface area contributed by atoms with Crippen LogP contribution in [0.25, 0.3) is 33.0 Å². The molecule has 0 atom stereocenters. The third-order valence-electron chi connectivity index (χ3n) is 5.25. The predicted molar refractivity (Wildman–Crippen MR) is 113 cm³/mol. The molecule has 142 valence electrons. The van der Waals surface area contributed by atoms with Crippen LogP contribution in [0.5, 0.6) is 0 Å². The molecule has 0 spiro atoms. The molecule has 5 rings (SSSR count). The van der Waals surface area contributed by atoms with Crippen molar-refractivity contribution in [1.29, 1.82) is 0 Å². The maximum absolute atomic E-state index is 12.5. The van der Waals surface area contributed by atoms with Crippen molar-refractivity contribution < 1.29 is 14.3 Å². The first-order valence-corrected chi connectivity index (χ1v) is 9.47. The Morgan fingerprint density at radius 2 is 1.48 bits per heavy atom. The molecule has 3 amide bonds. The van der Waals surface area contributed by atoms with Gasteiger partial charge in [0.1, 0.15) is 6.61 Å². The molecule has 0 aromatic heterocycles. The molecule has 1 fully saturated rings. The van der Waals surface area contributed by atoms with Crippen molar-refractivity contribution in [2.75, 3.05) is 18.5 Å². The summed E-state index contributed by atoms with van der Waals surface area (Å²) in [5.41, 5.74) is 4.85. The number of anilines is 1. The quantitative estimate of drug-likeness (QED) is 0.491. The molecule has 1 aliphatic heterocycles. The SMILES string of the molecule is O=C(Nc1ccccc1-c1ccc2c3ccccc3cccc1-2)N1CCOC1=O. The first kappa shape index (κ1) is 17.3. The second-order valence-electron chi connectivity index (χ2n) is 6.93. The Morgan fingerprint density at radius 1 is 0.793 bits per heavy atom. The molecule has 2 aromatic rings. The Bertz CT molecular complexity index is 1220. The average Bonchev–Trinajstić information content (AvgIpc) is 3.30. The van der Waals surface area contributed by atoms with Crippen molar-refractivity contribution >= 4 is 28.6 Å². The molecule has 2 aliphatic carbocycles. The van der Waals surface area contributed by atoms with Crippen molar-refractivity contribution in [2.24, 2.45) is 0 Å². The van der Waals surface area contributed by atoms with E-state index in [0.29, 0.717) is 5.69 Å². The molecule has 5 heteroatoms. The third-order valence-corrected chi connectivity index (χ3v) is 5.25. The predicted octanol–water partition coefficient (Wildman–Crippen LogP) is 5.60. The Kier molecular flexibility index (Phi) is 4.13. The number of fused-ring (bicyclic) bond motifs is 3. The van der Waals surface area contributed by atoms with Crippen LogP contribution in [0, 0.1) is 0 Å². The number of imide groups is 1. The Balaban J connectivity index is 1.57. The highest BCUT2D eigenvalue weighted by Gasteiger charge is 2.29. The van der Waals surface area contributed by atoms with Gasteiger partial charge < -0.3 is 10.1 Å². The number of urea groups is 1. The maximum atomic E-state index is 12.5. The second-order valence-corrected chi connectivity index (χ2v) is 6.93. The van der Waals surface area contributed by atoms with Gasteiger partial charge in [-0.25, -0.2) is 14.5 Å². The number of ether oxygens (including phenoxy) is 1. The van der Waals surface area contributed by atoms with Gasteiger partial charge in [-0.3, -0.25) is 0 Å². The van der Waals surface area contributed by atoms with E-state index in [1.165, 1.54) is 10.8 Å². The summed E-state index contributed by atoms with van der Waals surface area (Å²) in [4.78, 5) is 25.3. The monoisotopic (exact) mass is 382 g/mol. The van der Waals surface area contributed by atoms with E-state index in [1.807, 2.05) is 36.4 Å². The summed E-state index contributed by atoms with van der Waals surface area (Å²) in [6, 6.07) is 25.9. The van der Waals surface area contributed by atoms with Gasteiger partial charge in [-0.1, -0.05) is 72.8 Å². The molecule has 0 bridgehead atoms. The van der Waals surface area contributed by atoms with E-state index in [4.69, 9.17) is 4.74 Å². The number of cyclic esters (lactones) is 1. The lowest BCUT2D eigenvalue weighted by atomic mass is 9.99. The first-order chi connectivity index (χ1) is 14.2. The molecule has 0 unspecified atom stereocenters. The fourth-order valence-corrected chi connectivity index (χ4v) is 3.86. The zero-order valence-corrected chi connectivity index (χ0v) is 15.6. The van der Waals surface area contributed by atoms with Crippen LogP contribution in [-0.4, -0.2) is 30.2 Å². The van der Waals surface area contributed by atoms with Crippen LogP contribution in [0.15, 0.2) is 78.9 Å². The molecular weight excluding hydrogens is 364 g/mol. The first-order valence-electron chi connectivity index (χ1n) is 9.47. The number of hydrogen-bond donors (Lipinski definition) is 1. The minimum absolute atomic E-state index is 0.227. The number of carbonyl (C=O) groups excluding carboxylic acids is 2. The Morgan fingerprint density at radius 3 is 2.34 bits per heavy atom. The summed E-state index contributed by atoms with van der Waals surface area (Å²) in [5, 5.41) is 5.22. The van der Waals surface area contributed by atoms with Crippen molar-refractivity contribution in [3.8, 4) is 22.3 Å². The maximum Gasteiger partial charge on any atom is 0.418 e. The number of hydrogen-bond acceptors (Lipinski definition) is 3. The fraction of sp³-hybridized carbons (Fsp3) is 0.0833. The van der Waals surface area contributed by atoms with Crippen molar-refractivity contribution in [3.05, 3.63) is 78.9 Å². The van der Waals surface area contributed by atoms with E-state index in [2.05, 4.69) is 47.8 Å². The third kappa shape index (κ3) is 2.97. The van der Waals surface area contributed by atoms with E-state index in [9.17, 15) is 9.59 Å². The normalized spacial score (nSPS) is 13.7. The summed E-state index contributed by atoms with van der Waals surface area (Å²) >= 11 is 0. The van der Waals surface area contributed by atoms with Crippen LogP contribution in [0.3, 0.4) is 0 Å². The molecule has 0 saturated carbocycles. The molecule has 29 heavy (non-hydrogen) atoms. The standard InChI is InChI=1S/C24H18N2O3/c27-23(26-14-15-29-24(26)28)25-22-11-4-3-9-21(22)20-13-12-19-17-8-2-1-6-16(17)7-5-10-18(19)20/h1-13H,14-15H2,(H,25,27). The molecule has 2 aromatic carbocycles. The van der Waals surface area contributed by atoms with Crippen molar-refractivity contribution in [1.82, 2.24) is 4.90 Å². The summed E-state index contributed by atoms with van der Waals surface area (Å²) in [6.07, 6.45) is -0.614. The molecule has 1 N–H and O–H groups in total. The van der Waals surface area contributed by atoms with Gasteiger partial charge in [-0.05, 0) is 33.5 Å². The minimum atomic E-state index is -0.614. The van der Waals surface area contributed by atoms with Crippen LogP contribution in [0.4, 0.5) is 15.3 Å². The number of carbonyl (C=O) groups is 2. The Hall–Kier alpha value is -3.86. The van der Waals surface area contributed by atoms with Crippen LogP contribution in [0.2, 0.25) is 0 Å². The van der Waals surface area contributed by atoms with Crippen molar-refractivity contribution in [2.45, 2.75) is 0 Å². The van der Waals surface area contributed by atoms with Crippen LogP contribution >= 0.6 is 0 Å². The lowest BCUT2D eigenvalue weighted by Crippen LogP contribution is -2.35. The summed E-state index contributed by atoms with van der Waals surface area (Å²) < 4.78 is 4.86. The zero-order chi connectivity index (χ0) is 19.8. The number of rotatable bonds is 2. The van der Waals surface area contributed by atoms with Gasteiger partial charge in [-0.15, -0.1) is 0 Å². The lowest BCUT2D eigenvalue weighted by molar-refractivity contribution is 0.161. The van der Waals surface area contributed by atoms with Crippen molar-refractivity contribution in [3.63, 3.8) is 0 Å². The highest BCUT2D eigenvalue weighted by molar-refractivity contribution is 6.06. The van der Waals surface area contributed by atoms with Gasteiger partial charge in [0.15, 0.2) is 0 Å². The van der Waals surface area contributed by atoms with E-state index in [1.54, 1.807) is 0 Å². The van der Waals surface area contributed by atoms with Gasteiger partial charge in [0.05, 0.1) is 12.2 Å². The zero-order valence-electron chi connectivity index (χ0n) is 15.6. The minimum Gasteiger partial charge on any atom is -0.447 e. The van der Waals surface area contributed by atoms with E-state index in [0.717, 1.165) is 27.2 Å². The van der Waals surface area contributed by atoms with Gasteiger partial charge in [0, 0.05) is 5.56 Å². The van der Waals surface area contributed by atoms with Gasteiger partial charge >= 0.3 is 12.1 Å². The van der Waals surface area contributed by atoms with Crippen LogP contribution in [-0.2, 0) is 4.74 Å². The average molecular weight is 382 g/mol. The van der Waals surface area contributed by atoms with Gasteiger partial charge in [0.25, 0.3) is 0 Å². The number of para-hydroxylation sites is 1. The number of amides is 3. The second kappa shape index (κ2) is 6.95. The highest BCUT2D eigenvalue weighted by Crippen LogP contribution is 2.41. The highest BCUT2D eigenvalue weighted by atomic mass is 16.6. The van der Waals surface area contributed by atoms with E-state index >= 15 is 0 Å². The van der Waals surface area contributed by atoms with Crippen LogP contribution in [0.1, 0.15) is 0 Å². The molecule has 1 saturated heterocycles. The van der Waals surface area contributed by atoms with Crippen LogP contribution < -0.4 is 5.32 Å². The number of nitrogens with one attached hydrogen (secondary N) is 1. The number of nitrogens with zero attached hydrogens (tertiary/aromatic N) is 1. The van der Waals surface area contributed by atoms with Gasteiger partial charge in [0.2, 0.25) is 0 Å². The molecule has 5 nitrogen and oxygen atoms in total. The van der Waals surface area contributed by atoms with Gasteiger partial charge in [-0.2, -0.15) is 0 Å². The number of benzene rings is 2. The van der Waals surface area contributed by atoms with E-state index in [-0.39, 0.29) is 13.2 Å².